The van der Waals surface area contributed by atoms with Crippen LogP contribution in [-0.2, 0) is 13.1 Å². The smallest absolute Gasteiger partial charge is 0.258 e. The molecule has 0 aliphatic carbocycles. The van der Waals surface area contributed by atoms with E-state index in [1.54, 1.807) is 12.1 Å². The molecule has 1 N–H and O–H groups in total. The van der Waals surface area contributed by atoms with Crippen LogP contribution in [0, 0.1) is 13.8 Å². The van der Waals surface area contributed by atoms with E-state index in [0.717, 1.165) is 43.9 Å². The molecule has 2 aliphatic heterocycles. The first-order valence-corrected chi connectivity index (χ1v) is 9.77. The maximum absolute atomic E-state index is 13.0. The third-order valence-electron chi connectivity index (χ3n) is 6.00. The second-order valence-corrected chi connectivity index (χ2v) is 7.97. The highest BCUT2D eigenvalue weighted by Gasteiger charge is 2.31. The Balaban J connectivity index is 1.59. The molecule has 0 unspecified atom stereocenters. The van der Waals surface area contributed by atoms with Crippen LogP contribution in [0.2, 0.25) is 0 Å². The van der Waals surface area contributed by atoms with Crippen molar-refractivity contribution in [3.8, 4) is 5.75 Å². The van der Waals surface area contributed by atoms with E-state index in [2.05, 4.69) is 23.4 Å². The predicted octanol–water partition coefficient (Wildman–Crippen LogP) is 2.67. The Hall–Kier alpha value is -2.34. The van der Waals surface area contributed by atoms with Crippen molar-refractivity contribution >= 4 is 5.91 Å². The second-order valence-electron chi connectivity index (χ2n) is 7.97. The van der Waals surface area contributed by atoms with Gasteiger partial charge in [0.2, 0.25) is 0 Å². The van der Waals surface area contributed by atoms with Gasteiger partial charge in [-0.05, 0) is 64.5 Å². The summed E-state index contributed by atoms with van der Waals surface area (Å²) in [6.07, 6.45) is 2.24. The van der Waals surface area contributed by atoms with Crippen LogP contribution < -0.4 is 0 Å². The summed E-state index contributed by atoms with van der Waals surface area (Å²) in [5.74, 6) is 1.47. The van der Waals surface area contributed by atoms with Crippen LogP contribution in [-0.4, -0.2) is 57.0 Å². The van der Waals surface area contributed by atoms with Gasteiger partial charge in [-0.2, -0.15) is 0 Å². The minimum atomic E-state index is -0.105. The molecule has 0 atom stereocenters. The molecule has 1 aromatic carbocycles. The van der Waals surface area contributed by atoms with Gasteiger partial charge in [-0.25, -0.2) is 4.98 Å². The number of amides is 1. The third-order valence-corrected chi connectivity index (χ3v) is 6.00. The Morgan fingerprint density at radius 1 is 1.15 bits per heavy atom. The highest BCUT2D eigenvalue weighted by molar-refractivity contribution is 5.97. The monoisotopic (exact) mass is 368 g/mol. The number of carbonyl (C=O) groups is 1. The SMILES string of the molecule is Cc1ccc(C(=O)N2CCn3c(C)nc(C4CCN(C)CC4)c3C2)c(O)c1. The van der Waals surface area contributed by atoms with E-state index >= 15 is 0 Å². The summed E-state index contributed by atoms with van der Waals surface area (Å²) >= 11 is 0. The molecule has 3 heterocycles. The number of imidazole rings is 1. The van der Waals surface area contributed by atoms with Crippen LogP contribution in [0.5, 0.6) is 5.75 Å². The Labute approximate surface area is 160 Å². The van der Waals surface area contributed by atoms with Gasteiger partial charge in [0.05, 0.1) is 23.5 Å². The predicted molar refractivity (Wildman–Crippen MR) is 104 cm³/mol. The van der Waals surface area contributed by atoms with Gasteiger partial charge < -0.3 is 19.5 Å². The summed E-state index contributed by atoms with van der Waals surface area (Å²) in [5, 5.41) is 10.2. The molecule has 0 spiro atoms. The number of benzene rings is 1. The number of phenolic OH excluding ortho intramolecular Hbond substituents is 1. The zero-order valence-corrected chi connectivity index (χ0v) is 16.4. The van der Waals surface area contributed by atoms with Crippen molar-refractivity contribution in [1.82, 2.24) is 19.4 Å². The fourth-order valence-electron chi connectivity index (χ4n) is 4.35. The Morgan fingerprint density at radius 3 is 2.59 bits per heavy atom. The number of hydrogen-bond acceptors (Lipinski definition) is 4. The van der Waals surface area contributed by atoms with Crippen molar-refractivity contribution in [2.75, 3.05) is 26.7 Å². The van der Waals surface area contributed by atoms with E-state index in [1.165, 1.54) is 11.4 Å². The maximum Gasteiger partial charge on any atom is 0.258 e. The minimum Gasteiger partial charge on any atom is -0.507 e. The van der Waals surface area contributed by atoms with Crippen LogP contribution in [0.3, 0.4) is 0 Å². The van der Waals surface area contributed by atoms with Gasteiger partial charge in [0.25, 0.3) is 5.91 Å². The lowest BCUT2D eigenvalue weighted by molar-refractivity contribution is 0.0706. The molecular weight excluding hydrogens is 340 g/mol. The van der Waals surface area contributed by atoms with Gasteiger partial charge in [0, 0.05) is 19.0 Å². The fraction of sp³-hybridized carbons (Fsp3) is 0.524. The number of hydrogen-bond donors (Lipinski definition) is 1. The maximum atomic E-state index is 13.0. The quantitative estimate of drug-likeness (QED) is 0.885. The molecule has 1 saturated heterocycles. The number of likely N-dealkylation sites (tertiary alicyclic amines) is 1. The Kier molecular flexibility index (Phi) is 4.68. The molecular formula is C21H28N4O2. The molecule has 144 valence electrons. The molecule has 2 aliphatic rings. The van der Waals surface area contributed by atoms with Gasteiger partial charge in [-0.3, -0.25) is 4.79 Å². The van der Waals surface area contributed by atoms with E-state index in [1.807, 2.05) is 17.9 Å². The second kappa shape index (κ2) is 7.00. The molecule has 0 bridgehead atoms. The van der Waals surface area contributed by atoms with E-state index in [0.29, 0.717) is 24.6 Å². The molecule has 2 aromatic rings. The molecule has 27 heavy (non-hydrogen) atoms. The third kappa shape index (κ3) is 3.34. The zero-order chi connectivity index (χ0) is 19.1. The number of rotatable bonds is 2. The summed E-state index contributed by atoms with van der Waals surface area (Å²) in [4.78, 5) is 22.1. The largest absolute Gasteiger partial charge is 0.507 e. The van der Waals surface area contributed by atoms with Crippen molar-refractivity contribution in [2.45, 2.75) is 45.7 Å². The number of nitrogens with zero attached hydrogens (tertiary/aromatic N) is 4. The van der Waals surface area contributed by atoms with Crippen LogP contribution in [0.15, 0.2) is 18.2 Å². The van der Waals surface area contributed by atoms with Gasteiger partial charge >= 0.3 is 0 Å². The lowest BCUT2D eigenvalue weighted by Gasteiger charge is -2.32. The standard InChI is InChI=1S/C21H28N4O2/c1-14-4-5-17(19(26)12-14)21(27)24-10-11-25-15(2)22-20(18(25)13-24)16-6-8-23(3)9-7-16/h4-5,12,16,26H,6-11,13H2,1-3H3. The van der Waals surface area contributed by atoms with Crippen molar-refractivity contribution in [2.24, 2.45) is 0 Å². The normalized spacial score (nSPS) is 18.6. The van der Waals surface area contributed by atoms with E-state index in [-0.39, 0.29) is 11.7 Å². The lowest BCUT2D eigenvalue weighted by Crippen LogP contribution is -2.39. The number of aromatic hydroxyl groups is 1. The molecule has 1 amide bonds. The summed E-state index contributed by atoms with van der Waals surface area (Å²) in [6.45, 7) is 8.12. The molecule has 1 fully saturated rings. The number of phenols is 1. The van der Waals surface area contributed by atoms with Gasteiger partial charge in [0.1, 0.15) is 11.6 Å². The first-order valence-electron chi connectivity index (χ1n) is 9.77. The van der Waals surface area contributed by atoms with Crippen molar-refractivity contribution in [3.63, 3.8) is 0 Å². The van der Waals surface area contributed by atoms with Crippen LogP contribution >= 0.6 is 0 Å². The number of aryl methyl sites for hydroxylation is 2. The summed E-state index contributed by atoms with van der Waals surface area (Å²) in [6, 6.07) is 5.24. The number of carbonyl (C=O) groups excluding carboxylic acids is 1. The summed E-state index contributed by atoms with van der Waals surface area (Å²) in [7, 11) is 2.17. The summed E-state index contributed by atoms with van der Waals surface area (Å²) in [5.41, 5.74) is 3.67. The lowest BCUT2D eigenvalue weighted by atomic mass is 9.92. The highest BCUT2D eigenvalue weighted by atomic mass is 16.3. The Morgan fingerprint density at radius 2 is 1.89 bits per heavy atom. The first-order chi connectivity index (χ1) is 12.9. The zero-order valence-electron chi connectivity index (χ0n) is 16.4. The molecule has 6 heteroatoms. The minimum absolute atomic E-state index is 0.0609. The topological polar surface area (TPSA) is 61.6 Å². The van der Waals surface area contributed by atoms with E-state index < -0.39 is 0 Å². The van der Waals surface area contributed by atoms with Crippen LogP contribution in [0.4, 0.5) is 0 Å². The molecule has 4 rings (SSSR count). The fourth-order valence-corrected chi connectivity index (χ4v) is 4.35. The van der Waals surface area contributed by atoms with Crippen LogP contribution in [0.1, 0.15) is 51.9 Å². The molecule has 0 radical (unpaired) electrons. The average Bonchev–Trinajstić information content (AvgIpc) is 2.98. The molecule has 1 aromatic heterocycles. The average molecular weight is 368 g/mol. The van der Waals surface area contributed by atoms with Crippen molar-refractivity contribution in [1.29, 1.82) is 0 Å². The van der Waals surface area contributed by atoms with E-state index in [9.17, 15) is 9.90 Å². The van der Waals surface area contributed by atoms with Gasteiger partial charge in [0.15, 0.2) is 0 Å². The van der Waals surface area contributed by atoms with Crippen molar-refractivity contribution < 1.29 is 9.90 Å². The van der Waals surface area contributed by atoms with E-state index in [4.69, 9.17) is 4.98 Å². The first kappa shape index (κ1) is 18.0. The molecule has 6 nitrogen and oxygen atoms in total. The number of aromatic nitrogens is 2. The van der Waals surface area contributed by atoms with Crippen LogP contribution in [0.25, 0.3) is 0 Å². The number of piperidine rings is 1. The highest BCUT2D eigenvalue weighted by Crippen LogP contribution is 2.32. The summed E-state index contributed by atoms with van der Waals surface area (Å²) < 4.78 is 2.27. The molecule has 0 saturated carbocycles. The van der Waals surface area contributed by atoms with Crippen molar-refractivity contribution in [3.05, 3.63) is 46.5 Å². The van der Waals surface area contributed by atoms with Gasteiger partial charge in [-0.1, -0.05) is 6.07 Å². The van der Waals surface area contributed by atoms with Gasteiger partial charge in [-0.15, -0.1) is 0 Å². The number of fused-ring (bicyclic) bond motifs is 1. The Bertz CT molecular complexity index is 865.